The Morgan fingerprint density at radius 3 is 2.55 bits per heavy atom. The van der Waals surface area contributed by atoms with Gasteiger partial charge in [-0.3, -0.25) is 4.79 Å². The molecule has 0 bridgehead atoms. The third-order valence-corrected chi connectivity index (χ3v) is 3.41. The zero-order valence-electron chi connectivity index (χ0n) is 11.9. The Morgan fingerprint density at radius 2 is 1.77 bits per heavy atom. The summed E-state index contributed by atoms with van der Waals surface area (Å²) in [4.78, 5) is 18.4. The van der Waals surface area contributed by atoms with Gasteiger partial charge in [0.05, 0.1) is 17.2 Å². The Morgan fingerprint density at radius 1 is 1.09 bits per heavy atom. The number of H-pyrrole nitrogens is 1. The van der Waals surface area contributed by atoms with E-state index in [4.69, 9.17) is 12.2 Å². The lowest BCUT2D eigenvalue weighted by molar-refractivity contribution is 1.17. The van der Waals surface area contributed by atoms with Crippen molar-refractivity contribution < 1.29 is 0 Å². The summed E-state index contributed by atoms with van der Waals surface area (Å²) in [7, 11) is 0. The molecule has 0 fully saturated rings. The quantitative estimate of drug-likeness (QED) is 0.635. The van der Waals surface area contributed by atoms with Crippen LogP contribution in [0.25, 0.3) is 10.9 Å². The molecule has 0 atom stereocenters. The van der Waals surface area contributed by atoms with Crippen LogP contribution in [0.2, 0.25) is 0 Å². The van der Waals surface area contributed by atoms with E-state index in [-0.39, 0.29) is 5.56 Å². The van der Waals surface area contributed by atoms with E-state index in [0.29, 0.717) is 16.0 Å². The van der Waals surface area contributed by atoms with Crippen molar-refractivity contribution >= 4 is 39.6 Å². The third kappa shape index (κ3) is 3.12. The van der Waals surface area contributed by atoms with Crippen LogP contribution in [0.5, 0.6) is 0 Å². The van der Waals surface area contributed by atoms with Crippen molar-refractivity contribution in [2.45, 2.75) is 6.92 Å². The van der Waals surface area contributed by atoms with Crippen LogP contribution in [0.4, 0.5) is 11.4 Å². The van der Waals surface area contributed by atoms with E-state index in [2.05, 4.69) is 20.6 Å². The molecule has 0 aliphatic carbocycles. The second-order valence-corrected chi connectivity index (χ2v) is 5.32. The summed E-state index contributed by atoms with van der Waals surface area (Å²) in [5.41, 5.74) is 3.29. The van der Waals surface area contributed by atoms with Crippen molar-refractivity contribution in [2.75, 3.05) is 10.6 Å². The Bertz CT molecular complexity index is 887. The number of nitrogens with zero attached hydrogens (tertiary/aromatic N) is 1. The number of aromatic nitrogens is 2. The molecule has 1 heterocycles. The van der Waals surface area contributed by atoms with Gasteiger partial charge in [0.25, 0.3) is 5.56 Å². The maximum absolute atomic E-state index is 11.8. The second-order valence-electron chi connectivity index (χ2n) is 4.91. The van der Waals surface area contributed by atoms with Gasteiger partial charge in [0, 0.05) is 11.4 Å². The van der Waals surface area contributed by atoms with Gasteiger partial charge in [0.2, 0.25) is 0 Å². The fourth-order valence-corrected chi connectivity index (χ4v) is 2.31. The Balaban J connectivity index is 1.77. The average Bonchev–Trinajstić information content (AvgIpc) is 2.50. The van der Waals surface area contributed by atoms with Gasteiger partial charge in [0.1, 0.15) is 0 Å². The summed E-state index contributed by atoms with van der Waals surface area (Å²) in [6.45, 7) is 2.03. The number of hydrogen-bond acceptors (Lipinski definition) is 3. The summed E-state index contributed by atoms with van der Waals surface area (Å²) in [6, 6.07) is 13.3. The predicted molar refractivity (Wildman–Crippen MR) is 93.4 cm³/mol. The zero-order valence-corrected chi connectivity index (χ0v) is 12.7. The highest BCUT2D eigenvalue weighted by Gasteiger charge is 2.03. The lowest BCUT2D eigenvalue weighted by Gasteiger charge is -2.11. The largest absolute Gasteiger partial charge is 0.332 e. The molecular formula is C16H14N4OS. The smallest absolute Gasteiger partial charge is 0.258 e. The van der Waals surface area contributed by atoms with Crippen LogP contribution in [0.15, 0.2) is 53.6 Å². The van der Waals surface area contributed by atoms with Gasteiger partial charge in [-0.2, -0.15) is 0 Å². The highest BCUT2D eigenvalue weighted by molar-refractivity contribution is 7.80. The van der Waals surface area contributed by atoms with Crippen LogP contribution in [-0.2, 0) is 0 Å². The first-order valence-corrected chi connectivity index (χ1v) is 7.15. The molecule has 0 saturated heterocycles. The van der Waals surface area contributed by atoms with Crippen LogP contribution < -0.4 is 16.2 Å². The zero-order chi connectivity index (χ0) is 15.5. The summed E-state index contributed by atoms with van der Waals surface area (Å²) in [5.74, 6) is 0. The topological polar surface area (TPSA) is 69.8 Å². The van der Waals surface area contributed by atoms with Gasteiger partial charge in [-0.05, 0) is 49.5 Å². The monoisotopic (exact) mass is 310 g/mol. The van der Waals surface area contributed by atoms with E-state index >= 15 is 0 Å². The first-order valence-electron chi connectivity index (χ1n) is 6.74. The molecule has 0 amide bonds. The molecule has 6 heteroatoms. The number of aryl methyl sites for hydroxylation is 1. The number of thiocarbonyl (C=S) groups is 1. The molecule has 5 nitrogen and oxygen atoms in total. The van der Waals surface area contributed by atoms with Crippen LogP contribution in [-0.4, -0.2) is 15.1 Å². The number of anilines is 2. The Kier molecular flexibility index (Phi) is 3.84. The third-order valence-electron chi connectivity index (χ3n) is 3.21. The molecule has 0 spiro atoms. The van der Waals surface area contributed by atoms with Crippen LogP contribution in [0.3, 0.4) is 0 Å². The average molecular weight is 310 g/mol. The number of rotatable bonds is 2. The van der Waals surface area contributed by atoms with Crippen molar-refractivity contribution in [1.29, 1.82) is 0 Å². The normalized spacial score (nSPS) is 10.4. The van der Waals surface area contributed by atoms with Crippen LogP contribution in [0.1, 0.15) is 5.56 Å². The van der Waals surface area contributed by atoms with E-state index in [1.165, 1.54) is 11.9 Å². The van der Waals surface area contributed by atoms with E-state index in [1.807, 2.05) is 37.3 Å². The standard InChI is InChI=1S/C16H14N4OS/c1-10-2-4-11(5-3-10)19-16(22)20-12-6-7-14-13(8-12)15(21)18-9-17-14/h2-9H,1H3,(H,17,18,21)(H2,19,20,22). The lowest BCUT2D eigenvalue weighted by atomic mass is 10.2. The maximum Gasteiger partial charge on any atom is 0.258 e. The highest BCUT2D eigenvalue weighted by atomic mass is 32.1. The fourth-order valence-electron chi connectivity index (χ4n) is 2.08. The van der Waals surface area contributed by atoms with Gasteiger partial charge in [-0.25, -0.2) is 4.98 Å². The van der Waals surface area contributed by atoms with Gasteiger partial charge in [-0.15, -0.1) is 0 Å². The number of nitrogens with one attached hydrogen (secondary N) is 3. The second kappa shape index (κ2) is 5.95. The molecule has 3 N–H and O–H groups in total. The number of aromatic amines is 1. The predicted octanol–water partition coefficient (Wildman–Crippen LogP) is 3.04. The van der Waals surface area contributed by atoms with E-state index in [1.54, 1.807) is 12.1 Å². The Labute approximate surface area is 132 Å². The van der Waals surface area contributed by atoms with Crippen molar-refractivity contribution in [3.63, 3.8) is 0 Å². The van der Waals surface area contributed by atoms with Crippen LogP contribution in [0, 0.1) is 6.92 Å². The molecule has 22 heavy (non-hydrogen) atoms. The first kappa shape index (κ1) is 14.2. The SMILES string of the molecule is Cc1ccc(NC(=S)Nc2ccc3nc[nH]c(=O)c3c2)cc1. The van der Waals surface area contributed by atoms with E-state index in [9.17, 15) is 4.79 Å². The Hall–Kier alpha value is -2.73. The summed E-state index contributed by atoms with van der Waals surface area (Å²) in [6.07, 6.45) is 1.39. The minimum Gasteiger partial charge on any atom is -0.332 e. The summed E-state index contributed by atoms with van der Waals surface area (Å²) >= 11 is 5.28. The van der Waals surface area contributed by atoms with Crippen LogP contribution >= 0.6 is 12.2 Å². The van der Waals surface area contributed by atoms with Gasteiger partial charge < -0.3 is 15.6 Å². The number of hydrogen-bond donors (Lipinski definition) is 3. The lowest BCUT2D eigenvalue weighted by Crippen LogP contribution is -2.19. The molecule has 0 saturated carbocycles. The fraction of sp³-hybridized carbons (Fsp3) is 0.0625. The van der Waals surface area contributed by atoms with Crippen molar-refractivity contribution in [2.24, 2.45) is 0 Å². The first-order chi connectivity index (χ1) is 10.6. The minimum absolute atomic E-state index is 0.175. The molecular weight excluding hydrogens is 296 g/mol. The molecule has 2 aromatic carbocycles. The highest BCUT2D eigenvalue weighted by Crippen LogP contribution is 2.15. The summed E-state index contributed by atoms with van der Waals surface area (Å²) < 4.78 is 0. The molecule has 3 rings (SSSR count). The number of benzene rings is 2. The van der Waals surface area contributed by atoms with E-state index < -0.39 is 0 Å². The van der Waals surface area contributed by atoms with Crippen molar-refractivity contribution in [3.8, 4) is 0 Å². The van der Waals surface area contributed by atoms with Gasteiger partial charge >= 0.3 is 0 Å². The number of fused-ring (bicyclic) bond motifs is 1. The van der Waals surface area contributed by atoms with Crippen molar-refractivity contribution in [1.82, 2.24) is 9.97 Å². The molecule has 0 unspecified atom stereocenters. The molecule has 110 valence electrons. The van der Waals surface area contributed by atoms with Crippen molar-refractivity contribution in [3.05, 3.63) is 64.7 Å². The molecule has 0 radical (unpaired) electrons. The van der Waals surface area contributed by atoms with Gasteiger partial charge in [0.15, 0.2) is 5.11 Å². The molecule has 0 aliphatic heterocycles. The minimum atomic E-state index is -0.175. The molecule has 0 aliphatic rings. The maximum atomic E-state index is 11.8. The molecule has 3 aromatic rings. The summed E-state index contributed by atoms with van der Waals surface area (Å²) in [5, 5.41) is 7.14. The molecule has 1 aromatic heterocycles. The van der Waals surface area contributed by atoms with E-state index in [0.717, 1.165) is 11.4 Å². The van der Waals surface area contributed by atoms with Gasteiger partial charge in [-0.1, -0.05) is 17.7 Å².